The number of anilines is 1. The highest BCUT2D eigenvalue weighted by atomic mass is 79.9. The molecule has 2 aromatic carbocycles. The van der Waals surface area contributed by atoms with Crippen LogP contribution in [0.15, 0.2) is 45.3 Å². The van der Waals surface area contributed by atoms with Gasteiger partial charge in [-0.15, -0.1) is 0 Å². The fraction of sp³-hybridized carbons (Fsp3) is 0.143. The second-order valence-corrected chi connectivity index (χ2v) is 6.37. The standard InChI is InChI=1S/C14H12Br2ClFN2/c15-11-3-1-8(17)5-10(11)14(7-19)20-9-2-4-13(18)12(16)6-9/h1-6,14,20H,7,19H2. The molecule has 0 aliphatic carbocycles. The van der Waals surface area contributed by atoms with Gasteiger partial charge in [-0.3, -0.25) is 0 Å². The Morgan fingerprint density at radius 1 is 1.15 bits per heavy atom. The van der Waals surface area contributed by atoms with Crippen LogP contribution in [0.2, 0.25) is 5.02 Å². The number of hydrogen-bond acceptors (Lipinski definition) is 2. The van der Waals surface area contributed by atoms with Crippen LogP contribution in [0, 0.1) is 5.82 Å². The predicted octanol–water partition coefficient (Wildman–Crippen LogP) is 5.12. The third-order valence-corrected chi connectivity index (χ3v) is 4.39. The lowest BCUT2D eigenvalue weighted by atomic mass is 10.1. The van der Waals surface area contributed by atoms with E-state index in [1.807, 2.05) is 12.1 Å². The fourth-order valence-corrected chi connectivity index (χ4v) is 2.91. The molecule has 0 fully saturated rings. The van der Waals surface area contributed by atoms with Crippen molar-refractivity contribution >= 4 is 49.1 Å². The van der Waals surface area contributed by atoms with Gasteiger partial charge in [-0.25, -0.2) is 4.39 Å². The third kappa shape index (κ3) is 3.73. The van der Waals surface area contributed by atoms with Gasteiger partial charge < -0.3 is 11.1 Å². The zero-order chi connectivity index (χ0) is 14.7. The van der Waals surface area contributed by atoms with E-state index in [0.29, 0.717) is 16.0 Å². The predicted molar refractivity (Wildman–Crippen MR) is 88.7 cm³/mol. The van der Waals surface area contributed by atoms with Crippen molar-refractivity contribution in [1.82, 2.24) is 0 Å². The minimum Gasteiger partial charge on any atom is -0.377 e. The number of nitrogens with two attached hydrogens (primary N) is 1. The first-order chi connectivity index (χ1) is 9.51. The molecule has 0 saturated heterocycles. The first-order valence-electron chi connectivity index (χ1n) is 5.88. The first kappa shape index (κ1) is 15.8. The van der Waals surface area contributed by atoms with Crippen LogP contribution in [0.1, 0.15) is 11.6 Å². The maximum Gasteiger partial charge on any atom is 0.137 e. The van der Waals surface area contributed by atoms with Gasteiger partial charge in [0.05, 0.1) is 10.5 Å². The van der Waals surface area contributed by atoms with E-state index in [9.17, 15) is 4.39 Å². The third-order valence-electron chi connectivity index (χ3n) is 2.83. The van der Waals surface area contributed by atoms with Gasteiger partial charge in [0, 0.05) is 21.7 Å². The summed E-state index contributed by atoms with van der Waals surface area (Å²) in [6.45, 7) is 0.383. The highest BCUT2D eigenvalue weighted by Crippen LogP contribution is 2.29. The molecule has 0 aliphatic heterocycles. The molecular weight excluding hydrogens is 410 g/mol. The largest absolute Gasteiger partial charge is 0.377 e. The zero-order valence-electron chi connectivity index (χ0n) is 10.3. The van der Waals surface area contributed by atoms with Gasteiger partial charge in [0.15, 0.2) is 0 Å². The number of rotatable bonds is 4. The Hall–Kier alpha value is -0.620. The van der Waals surface area contributed by atoms with Crippen molar-refractivity contribution in [1.29, 1.82) is 0 Å². The van der Waals surface area contributed by atoms with Crippen LogP contribution in [0.25, 0.3) is 0 Å². The Bertz CT molecular complexity index is 622. The van der Waals surface area contributed by atoms with E-state index in [2.05, 4.69) is 37.2 Å². The Labute approximate surface area is 138 Å². The van der Waals surface area contributed by atoms with E-state index in [1.54, 1.807) is 18.2 Å². The smallest absolute Gasteiger partial charge is 0.137 e. The van der Waals surface area contributed by atoms with Crippen molar-refractivity contribution in [3.8, 4) is 0 Å². The number of nitrogens with one attached hydrogen (secondary N) is 1. The second-order valence-electron chi connectivity index (χ2n) is 4.23. The Morgan fingerprint density at radius 2 is 1.90 bits per heavy atom. The van der Waals surface area contributed by atoms with Gasteiger partial charge in [-0.1, -0.05) is 27.5 Å². The Kier molecular flexibility index (Phi) is 5.43. The maximum atomic E-state index is 13.2. The van der Waals surface area contributed by atoms with Gasteiger partial charge in [-0.05, 0) is 57.9 Å². The van der Waals surface area contributed by atoms with Crippen molar-refractivity contribution in [2.45, 2.75) is 6.04 Å². The molecule has 0 aliphatic rings. The van der Waals surface area contributed by atoms with Gasteiger partial charge >= 0.3 is 0 Å². The number of hydrogen-bond donors (Lipinski definition) is 2. The van der Waals surface area contributed by atoms with E-state index < -0.39 is 0 Å². The summed E-state index contributed by atoms with van der Waals surface area (Å²) < 4.78 is 14.6. The van der Waals surface area contributed by atoms with E-state index in [4.69, 9.17) is 17.3 Å². The molecule has 2 aromatic rings. The van der Waals surface area contributed by atoms with Gasteiger partial charge in [0.2, 0.25) is 0 Å². The molecule has 1 unspecified atom stereocenters. The quantitative estimate of drug-likeness (QED) is 0.718. The molecule has 2 rings (SSSR count). The maximum absolute atomic E-state index is 13.2. The molecule has 0 aromatic heterocycles. The molecule has 6 heteroatoms. The summed E-state index contributed by atoms with van der Waals surface area (Å²) in [5.41, 5.74) is 7.56. The highest BCUT2D eigenvalue weighted by molar-refractivity contribution is 9.10. The number of halogens is 4. The summed E-state index contributed by atoms with van der Waals surface area (Å²) in [4.78, 5) is 0. The van der Waals surface area contributed by atoms with Gasteiger partial charge in [0.25, 0.3) is 0 Å². The molecular formula is C14H12Br2ClFN2. The molecule has 3 N–H and O–H groups in total. The second kappa shape index (κ2) is 6.89. The average Bonchev–Trinajstić information content (AvgIpc) is 2.43. The van der Waals surface area contributed by atoms with Gasteiger partial charge in [-0.2, -0.15) is 0 Å². The van der Waals surface area contributed by atoms with E-state index >= 15 is 0 Å². The monoisotopic (exact) mass is 420 g/mol. The van der Waals surface area contributed by atoms with E-state index in [1.165, 1.54) is 6.07 Å². The molecule has 0 bridgehead atoms. The van der Waals surface area contributed by atoms with E-state index in [0.717, 1.165) is 15.7 Å². The van der Waals surface area contributed by atoms with Crippen LogP contribution in [0.3, 0.4) is 0 Å². The molecule has 1 atom stereocenters. The van der Waals surface area contributed by atoms with Crippen LogP contribution in [-0.2, 0) is 0 Å². The van der Waals surface area contributed by atoms with E-state index in [-0.39, 0.29) is 11.9 Å². The Balaban J connectivity index is 2.28. The minimum atomic E-state index is -0.302. The lowest BCUT2D eigenvalue weighted by Gasteiger charge is -2.20. The summed E-state index contributed by atoms with van der Waals surface area (Å²) in [7, 11) is 0. The van der Waals surface area contributed by atoms with Crippen molar-refractivity contribution < 1.29 is 4.39 Å². The molecule has 0 saturated carbocycles. The van der Waals surface area contributed by atoms with Gasteiger partial charge in [0.1, 0.15) is 5.82 Å². The summed E-state index contributed by atoms with van der Waals surface area (Å²) >= 11 is 12.7. The Morgan fingerprint density at radius 3 is 2.55 bits per heavy atom. The normalized spacial score (nSPS) is 12.2. The van der Waals surface area contributed by atoms with Crippen LogP contribution >= 0.6 is 43.5 Å². The lowest BCUT2D eigenvalue weighted by Crippen LogP contribution is -2.21. The SMILES string of the molecule is NCC(Nc1ccc(F)c(Br)c1)c1cc(Cl)ccc1Br. The molecule has 106 valence electrons. The molecule has 0 amide bonds. The van der Waals surface area contributed by atoms with Crippen molar-refractivity contribution in [2.24, 2.45) is 5.73 Å². The van der Waals surface area contributed by atoms with Crippen LogP contribution in [-0.4, -0.2) is 6.54 Å². The first-order valence-corrected chi connectivity index (χ1v) is 7.84. The molecule has 0 radical (unpaired) electrons. The molecule has 20 heavy (non-hydrogen) atoms. The average molecular weight is 423 g/mol. The topological polar surface area (TPSA) is 38.0 Å². The zero-order valence-corrected chi connectivity index (χ0v) is 14.3. The van der Waals surface area contributed by atoms with Crippen molar-refractivity contribution in [2.75, 3.05) is 11.9 Å². The van der Waals surface area contributed by atoms with Crippen molar-refractivity contribution in [3.05, 3.63) is 61.7 Å². The number of benzene rings is 2. The molecule has 0 spiro atoms. The van der Waals surface area contributed by atoms with Crippen LogP contribution in [0.4, 0.5) is 10.1 Å². The summed E-state index contributed by atoms with van der Waals surface area (Å²) in [6.07, 6.45) is 0. The summed E-state index contributed by atoms with van der Waals surface area (Å²) in [6, 6.07) is 10.2. The fourth-order valence-electron chi connectivity index (χ4n) is 1.83. The molecule has 2 nitrogen and oxygen atoms in total. The minimum absolute atomic E-state index is 0.125. The summed E-state index contributed by atoms with van der Waals surface area (Å²) in [5.74, 6) is -0.302. The van der Waals surface area contributed by atoms with Crippen LogP contribution in [0.5, 0.6) is 0 Å². The summed E-state index contributed by atoms with van der Waals surface area (Å²) in [5, 5.41) is 3.91. The molecule has 0 heterocycles. The lowest BCUT2D eigenvalue weighted by molar-refractivity contribution is 0.621. The van der Waals surface area contributed by atoms with Crippen molar-refractivity contribution in [3.63, 3.8) is 0 Å². The highest BCUT2D eigenvalue weighted by Gasteiger charge is 2.14. The van der Waals surface area contributed by atoms with Crippen LogP contribution < -0.4 is 11.1 Å².